The van der Waals surface area contributed by atoms with E-state index in [0.29, 0.717) is 26.1 Å². The Kier molecular flexibility index (Phi) is 3.70. The van der Waals surface area contributed by atoms with Crippen molar-refractivity contribution in [1.82, 2.24) is 4.90 Å². The Bertz CT molecular complexity index is 231. The SMILES string of the molecule is COC(=O)C(N)CCN1CCOC1=O. The van der Waals surface area contributed by atoms with Crippen LogP contribution in [0.3, 0.4) is 0 Å². The van der Waals surface area contributed by atoms with Gasteiger partial charge in [0, 0.05) is 6.54 Å². The van der Waals surface area contributed by atoms with Crippen molar-refractivity contribution in [3.8, 4) is 0 Å². The first-order valence-corrected chi connectivity index (χ1v) is 4.40. The highest BCUT2D eigenvalue weighted by atomic mass is 16.6. The largest absolute Gasteiger partial charge is 0.468 e. The number of rotatable bonds is 4. The molecule has 1 fully saturated rings. The molecule has 0 radical (unpaired) electrons. The number of methoxy groups -OCH3 is 1. The highest BCUT2D eigenvalue weighted by Gasteiger charge is 2.23. The molecule has 14 heavy (non-hydrogen) atoms. The van der Waals surface area contributed by atoms with Gasteiger partial charge in [-0.3, -0.25) is 4.79 Å². The fourth-order valence-corrected chi connectivity index (χ4v) is 1.19. The van der Waals surface area contributed by atoms with E-state index in [1.165, 1.54) is 12.0 Å². The summed E-state index contributed by atoms with van der Waals surface area (Å²) in [5.74, 6) is -0.461. The van der Waals surface area contributed by atoms with Gasteiger partial charge in [-0.1, -0.05) is 0 Å². The van der Waals surface area contributed by atoms with Crippen molar-refractivity contribution in [2.45, 2.75) is 12.5 Å². The summed E-state index contributed by atoms with van der Waals surface area (Å²) in [5, 5.41) is 0. The van der Waals surface area contributed by atoms with Crippen molar-refractivity contribution < 1.29 is 19.1 Å². The summed E-state index contributed by atoms with van der Waals surface area (Å²) in [6.45, 7) is 1.40. The van der Waals surface area contributed by atoms with E-state index in [1.54, 1.807) is 0 Å². The molecule has 0 aromatic carbocycles. The minimum absolute atomic E-state index is 0.345. The molecule has 0 bridgehead atoms. The summed E-state index contributed by atoms with van der Waals surface area (Å²) in [6, 6.07) is -0.673. The number of esters is 1. The van der Waals surface area contributed by atoms with E-state index in [4.69, 9.17) is 10.5 Å². The van der Waals surface area contributed by atoms with Crippen LogP contribution in [0.2, 0.25) is 0 Å². The second kappa shape index (κ2) is 4.80. The Balaban J connectivity index is 2.26. The molecule has 0 aliphatic carbocycles. The van der Waals surface area contributed by atoms with Gasteiger partial charge in [0.15, 0.2) is 0 Å². The molecule has 1 rings (SSSR count). The Labute approximate surface area is 81.9 Å². The van der Waals surface area contributed by atoms with Gasteiger partial charge in [0.05, 0.1) is 13.7 Å². The van der Waals surface area contributed by atoms with Crippen LogP contribution in [0.4, 0.5) is 4.79 Å². The van der Waals surface area contributed by atoms with E-state index < -0.39 is 12.0 Å². The minimum Gasteiger partial charge on any atom is -0.468 e. The molecule has 0 saturated carbocycles. The fourth-order valence-electron chi connectivity index (χ4n) is 1.19. The molecule has 80 valence electrons. The van der Waals surface area contributed by atoms with Crippen molar-refractivity contribution in [2.75, 3.05) is 26.8 Å². The van der Waals surface area contributed by atoms with Crippen LogP contribution in [0.25, 0.3) is 0 Å². The standard InChI is InChI=1S/C8H14N2O4/c1-13-7(11)6(9)2-3-10-4-5-14-8(10)12/h6H,2-5,9H2,1H3. The van der Waals surface area contributed by atoms with Crippen LogP contribution < -0.4 is 5.73 Å². The molecule has 0 spiro atoms. The summed E-state index contributed by atoms with van der Waals surface area (Å²) in [6.07, 6.45) is 0.0453. The lowest BCUT2D eigenvalue weighted by atomic mass is 10.2. The van der Waals surface area contributed by atoms with Crippen LogP contribution >= 0.6 is 0 Å². The summed E-state index contributed by atoms with van der Waals surface area (Å²) in [5.41, 5.74) is 5.50. The van der Waals surface area contributed by atoms with Crippen LogP contribution in [0, 0.1) is 0 Å². The van der Waals surface area contributed by atoms with Gasteiger partial charge >= 0.3 is 12.1 Å². The average molecular weight is 202 g/mol. The molecule has 1 unspecified atom stereocenters. The summed E-state index contributed by atoms with van der Waals surface area (Å²) < 4.78 is 9.17. The molecule has 0 aromatic rings. The minimum atomic E-state index is -0.673. The predicted octanol–water partition coefficient (Wildman–Crippen LogP) is -0.671. The molecule has 1 atom stereocenters. The Morgan fingerprint density at radius 2 is 2.50 bits per heavy atom. The molecule has 1 amide bonds. The zero-order chi connectivity index (χ0) is 10.6. The number of carbonyl (C=O) groups excluding carboxylic acids is 2. The lowest BCUT2D eigenvalue weighted by Gasteiger charge is -2.14. The normalized spacial score (nSPS) is 17.9. The fraction of sp³-hybridized carbons (Fsp3) is 0.750. The maximum atomic E-state index is 11.0. The van der Waals surface area contributed by atoms with Crippen molar-refractivity contribution >= 4 is 12.1 Å². The first-order valence-electron chi connectivity index (χ1n) is 4.40. The number of carbonyl (C=O) groups is 2. The second-order valence-electron chi connectivity index (χ2n) is 3.02. The Morgan fingerprint density at radius 3 is 3.00 bits per heavy atom. The van der Waals surface area contributed by atoms with E-state index in [9.17, 15) is 9.59 Å². The third-order valence-electron chi connectivity index (χ3n) is 2.06. The van der Waals surface area contributed by atoms with Crippen LogP contribution in [0.5, 0.6) is 0 Å². The van der Waals surface area contributed by atoms with Crippen molar-refractivity contribution in [3.63, 3.8) is 0 Å². The molecule has 1 heterocycles. The van der Waals surface area contributed by atoms with Gasteiger partial charge in [-0.05, 0) is 6.42 Å². The smallest absolute Gasteiger partial charge is 0.409 e. The topological polar surface area (TPSA) is 81.9 Å². The predicted molar refractivity (Wildman–Crippen MR) is 47.5 cm³/mol. The number of hydrogen-bond donors (Lipinski definition) is 1. The number of ether oxygens (including phenoxy) is 2. The number of nitrogens with zero attached hydrogens (tertiary/aromatic N) is 1. The lowest BCUT2D eigenvalue weighted by Crippen LogP contribution is -2.36. The highest BCUT2D eigenvalue weighted by Crippen LogP contribution is 2.04. The van der Waals surface area contributed by atoms with E-state index in [1.807, 2.05) is 0 Å². The van der Waals surface area contributed by atoms with Gasteiger partial charge in [0.2, 0.25) is 0 Å². The highest BCUT2D eigenvalue weighted by molar-refractivity contribution is 5.75. The maximum Gasteiger partial charge on any atom is 0.409 e. The van der Waals surface area contributed by atoms with Gasteiger partial charge in [0.25, 0.3) is 0 Å². The third kappa shape index (κ3) is 2.59. The second-order valence-corrected chi connectivity index (χ2v) is 3.02. The van der Waals surface area contributed by atoms with Gasteiger partial charge in [-0.25, -0.2) is 4.79 Å². The first kappa shape index (κ1) is 10.8. The quantitative estimate of drug-likeness (QED) is 0.611. The Morgan fingerprint density at radius 1 is 1.79 bits per heavy atom. The molecular formula is C8H14N2O4. The van der Waals surface area contributed by atoms with E-state index in [0.717, 1.165) is 0 Å². The first-order chi connectivity index (χ1) is 6.65. The van der Waals surface area contributed by atoms with Gasteiger partial charge in [0.1, 0.15) is 12.6 Å². The van der Waals surface area contributed by atoms with Crippen molar-refractivity contribution in [1.29, 1.82) is 0 Å². The van der Waals surface area contributed by atoms with Gasteiger partial charge in [-0.2, -0.15) is 0 Å². The number of hydrogen-bond acceptors (Lipinski definition) is 5. The van der Waals surface area contributed by atoms with Gasteiger partial charge < -0.3 is 20.1 Å². The van der Waals surface area contributed by atoms with Gasteiger partial charge in [-0.15, -0.1) is 0 Å². The molecule has 6 nitrogen and oxygen atoms in total. The number of cyclic esters (lactones) is 1. The molecule has 6 heteroatoms. The molecule has 0 aromatic heterocycles. The average Bonchev–Trinajstić information content (AvgIpc) is 2.59. The van der Waals surface area contributed by atoms with Crippen molar-refractivity contribution in [2.24, 2.45) is 5.73 Å². The number of nitrogens with two attached hydrogens (primary N) is 1. The van der Waals surface area contributed by atoms with E-state index in [2.05, 4.69) is 4.74 Å². The monoisotopic (exact) mass is 202 g/mol. The zero-order valence-corrected chi connectivity index (χ0v) is 8.06. The van der Waals surface area contributed by atoms with E-state index >= 15 is 0 Å². The molecule has 1 aliphatic rings. The molecular weight excluding hydrogens is 188 g/mol. The summed E-state index contributed by atoms with van der Waals surface area (Å²) in [4.78, 5) is 23.4. The van der Waals surface area contributed by atoms with E-state index in [-0.39, 0.29) is 6.09 Å². The molecule has 1 aliphatic heterocycles. The number of amides is 1. The van der Waals surface area contributed by atoms with Crippen LogP contribution in [0.1, 0.15) is 6.42 Å². The zero-order valence-electron chi connectivity index (χ0n) is 8.06. The van der Waals surface area contributed by atoms with Crippen LogP contribution in [-0.4, -0.2) is 49.8 Å². The summed E-state index contributed by atoms with van der Waals surface area (Å²) >= 11 is 0. The summed E-state index contributed by atoms with van der Waals surface area (Å²) in [7, 11) is 1.28. The molecule has 2 N–H and O–H groups in total. The van der Waals surface area contributed by atoms with Crippen LogP contribution in [0.15, 0.2) is 0 Å². The third-order valence-corrected chi connectivity index (χ3v) is 2.06. The lowest BCUT2D eigenvalue weighted by molar-refractivity contribution is -0.142. The maximum absolute atomic E-state index is 11.0. The van der Waals surface area contributed by atoms with Crippen LogP contribution in [-0.2, 0) is 14.3 Å². The van der Waals surface area contributed by atoms with Crippen molar-refractivity contribution in [3.05, 3.63) is 0 Å². The Hall–Kier alpha value is -1.30. The molecule has 1 saturated heterocycles.